The van der Waals surface area contributed by atoms with E-state index in [2.05, 4.69) is 56.9 Å². The van der Waals surface area contributed by atoms with Crippen LogP contribution in [0.5, 0.6) is 0 Å². The van der Waals surface area contributed by atoms with Crippen LogP contribution in [0.4, 0.5) is 0 Å². The number of likely N-dealkylation sites (tertiary alicyclic amines) is 1. The van der Waals surface area contributed by atoms with Gasteiger partial charge in [-0.3, -0.25) is 0 Å². The molecule has 0 radical (unpaired) electrons. The minimum atomic E-state index is 0.245. The van der Waals surface area contributed by atoms with Gasteiger partial charge in [-0.15, -0.1) is 0 Å². The first-order valence-electron chi connectivity index (χ1n) is 6.98. The van der Waals surface area contributed by atoms with Crippen LogP contribution in [0.25, 0.3) is 0 Å². The number of rotatable bonds is 5. The molecule has 1 aliphatic heterocycles. The van der Waals surface area contributed by atoms with Crippen LogP contribution < -0.4 is 5.32 Å². The van der Waals surface area contributed by atoms with E-state index in [0.29, 0.717) is 12.1 Å². The Bertz CT molecular complexity index is 216. The van der Waals surface area contributed by atoms with Crippen molar-refractivity contribution in [1.82, 2.24) is 15.1 Å². The Morgan fingerprint density at radius 2 is 1.76 bits per heavy atom. The predicted molar refractivity (Wildman–Crippen MR) is 75.5 cm³/mol. The van der Waals surface area contributed by atoms with Crippen LogP contribution in [-0.4, -0.2) is 61.2 Å². The summed E-state index contributed by atoms with van der Waals surface area (Å²) in [6.07, 6.45) is 2.59. The van der Waals surface area contributed by atoms with Gasteiger partial charge in [0, 0.05) is 24.2 Å². The molecular weight excluding hydrogens is 210 g/mol. The van der Waals surface area contributed by atoms with E-state index in [1.165, 1.54) is 25.9 Å². The lowest BCUT2D eigenvalue weighted by atomic mass is 10.00. The summed E-state index contributed by atoms with van der Waals surface area (Å²) in [4.78, 5) is 4.87. The van der Waals surface area contributed by atoms with Crippen molar-refractivity contribution >= 4 is 0 Å². The second-order valence-electron chi connectivity index (χ2n) is 6.49. The maximum atomic E-state index is 3.73. The molecule has 17 heavy (non-hydrogen) atoms. The van der Waals surface area contributed by atoms with Crippen LogP contribution in [0.1, 0.15) is 40.5 Å². The van der Waals surface area contributed by atoms with E-state index in [-0.39, 0.29) is 5.54 Å². The largest absolute Gasteiger partial charge is 0.312 e. The van der Waals surface area contributed by atoms with E-state index >= 15 is 0 Å². The zero-order chi connectivity index (χ0) is 13.1. The molecule has 0 aliphatic carbocycles. The Hall–Kier alpha value is -0.120. The number of piperidine rings is 1. The van der Waals surface area contributed by atoms with Crippen molar-refractivity contribution in [3.8, 4) is 0 Å². The summed E-state index contributed by atoms with van der Waals surface area (Å²) in [5, 5.41) is 3.73. The zero-order valence-corrected chi connectivity index (χ0v) is 12.6. The molecule has 1 fully saturated rings. The number of hydrogen-bond acceptors (Lipinski definition) is 3. The molecule has 1 saturated heterocycles. The van der Waals surface area contributed by atoms with Crippen LogP contribution in [0.3, 0.4) is 0 Å². The van der Waals surface area contributed by atoms with Crippen molar-refractivity contribution in [1.29, 1.82) is 0 Å². The van der Waals surface area contributed by atoms with Gasteiger partial charge in [0.1, 0.15) is 0 Å². The number of hydrogen-bond donors (Lipinski definition) is 1. The van der Waals surface area contributed by atoms with Gasteiger partial charge in [-0.25, -0.2) is 0 Å². The maximum Gasteiger partial charge on any atom is 0.0271 e. The van der Waals surface area contributed by atoms with Crippen LogP contribution in [0.2, 0.25) is 0 Å². The molecule has 1 aliphatic rings. The molecule has 0 bridgehead atoms. The Morgan fingerprint density at radius 3 is 2.18 bits per heavy atom. The molecular formula is C14H31N3. The van der Waals surface area contributed by atoms with E-state index in [4.69, 9.17) is 0 Å². The fourth-order valence-corrected chi connectivity index (χ4v) is 2.17. The molecule has 0 unspecified atom stereocenters. The summed E-state index contributed by atoms with van der Waals surface area (Å²) in [5.41, 5.74) is 0.245. The minimum Gasteiger partial charge on any atom is -0.312 e. The second kappa shape index (κ2) is 6.17. The molecule has 3 nitrogen and oxygen atoms in total. The summed E-state index contributed by atoms with van der Waals surface area (Å²) >= 11 is 0. The van der Waals surface area contributed by atoms with Gasteiger partial charge < -0.3 is 15.1 Å². The van der Waals surface area contributed by atoms with E-state index < -0.39 is 0 Å². The second-order valence-corrected chi connectivity index (χ2v) is 6.49. The number of nitrogens with zero attached hydrogens (tertiary/aromatic N) is 2. The SMILES string of the molecule is CC(C)N1CCC(NCC(C)(C)N(C)C)CC1. The van der Waals surface area contributed by atoms with Gasteiger partial charge in [0.2, 0.25) is 0 Å². The zero-order valence-electron chi connectivity index (χ0n) is 12.6. The summed E-state index contributed by atoms with van der Waals surface area (Å²) in [7, 11) is 4.31. The molecule has 1 rings (SSSR count). The third-order valence-electron chi connectivity index (χ3n) is 4.29. The monoisotopic (exact) mass is 241 g/mol. The van der Waals surface area contributed by atoms with Crippen LogP contribution >= 0.6 is 0 Å². The van der Waals surface area contributed by atoms with E-state index in [0.717, 1.165) is 6.54 Å². The van der Waals surface area contributed by atoms with Crippen molar-refractivity contribution < 1.29 is 0 Å². The predicted octanol–water partition coefficient (Wildman–Crippen LogP) is 1.79. The summed E-state index contributed by atoms with van der Waals surface area (Å²) in [6, 6.07) is 1.42. The number of nitrogens with one attached hydrogen (secondary N) is 1. The molecule has 0 aromatic rings. The first-order valence-corrected chi connectivity index (χ1v) is 6.98. The lowest BCUT2D eigenvalue weighted by molar-refractivity contribution is 0.142. The van der Waals surface area contributed by atoms with Crippen molar-refractivity contribution in [3.05, 3.63) is 0 Å². The highest BCUT2D eigenvalue weighted by atomic mass is 15.2. The van der Waals surface area contributed by atoms with E-state index in [9.17, 15) is 0 Å². The summed E-state index contributed by atoms with van der Waals surface area (Å²) in [5.74, 6) is 0. The van der Waals surface area contributed by atoms with E-state index in [1.54, 1.807) is 0 Å². The van der Waals surface area contributed by atoms with Gasteiger partial charge in [0.25, 0.3) is 0 Å². The Morgan fingerprint density at radius 1 is 1.24 bits per heavy atom. The molecule has 0 amide bonds. The quantitative estimate of drug-likeness (QED) is 0.792. The van der Waals surface area contributed by atoms with Crippen LogP contribution in [0.15, 0.2) is 0 Å². The summed E-state index contributed by atoms with van der Waals surface area (Å²) in [6.45, 7) is 12.8. The molecule has 0 atom stereocenters. The third kappa shape index (κ3) is 4.57. The summed E-state index contributed by atoms with van der Waals surface area (Å²) < 4.78 is 0. The maximum absolute atomic E-state index is 3.73. The Labute approximate surface area is 108 Å². The molecule has 0 spiro atoms. The molecule has 102 valence electrons. The Kier molecular flexibility index (Phi) is 5.42. The fraction of sp³-hybridized carbons (Fsp3) is 1.00. The molecule has 1 N–H and O–H groups in total. The topological polar surface area (TPSA) is 18.5 Å². The average Bonchev–Trinajstić information content (AvgIpc) is 2.27. The van der Waals surface area contributed by atoms with E-state index in [1.807, 2.05) is 0 Å². The minimum absolute atomic E-state index is 0.245. The molecule has 0 saturated carbocycles. The highest BCUT2D eigenvalue weighted by Crippen LogP contribution is 2.15. The number of likely N-dealkylation sites (N-methyl/N-ethyl adjacent to an activating group) is 1. The Balaban J connectivity index is 2.27. The fourth-order valence-electron chi connectivity index (χ4n) is 2.17. The average molecular weight is 241 g/mol. The van der Waals surface area contributed by atoms with Crippen molar-refractivity contribution in [2.45, 2.75) is 58.2 Å². The molecule has 0 aromatic carbocycles. The van der Waals surface area contributed by atoms with Crippen LogP contribution in [-0.2, 0) is 0 Å². The first kappa shape index (κ1) is 14.9. The highest BCUT2D eigenvalue weighted by molar-refractivity contribution is 4.84. The lowest BCUT2D eigenvalue weighted by Crippen LogP contribution is -2.52. The van der Waals surface area contributed by atoms with Crippen molar-refractivity contribution in [2.75, 3.05) is 33.7 Å². The molecule has 1 heterocycles. The first-order chi connectivity index (χ1) is 7.83. The van der Waals surface area contributed by atoms with Crippen molar-refractivity contribution in [3.63, 3.8) is 0 Å². The standard InChI is InChI=1S/C14H31N3/c1-12(2)17-9-7-13(8-10-17)15-11-14(3,4)16(5)6/h12-13,15H,7-11H2,1-6H3. The van der Waals surface area contributed by atoms with Crippen molar-refractivity contribution in [2.24, 2.45) is 0 Å². The van der Waals surface area contributed by atoms with Gasteiger partial charge in [-0.1, -0.05) is 0 Å². The third-order valence-corrected chi connectivity index (χ3v) is 4.29. The smallest absolute Gasteiger partial charge is 0.0271 e. The highest BCUT2D eigenvalue weighted by Gasteiger charge is 2.24. The van der Waals surface area contributed by atoms with Gasteiger partial charge in [0.05, 0.1) is 0 Å². The van der Waals surface area contributed by atoms with Gasteiger partial charge in [-0.2, -0.15) is 0 Å². The molecule has 3 heteroatoms. The molecule has 0 aromatic heterocycles. The normalized spacial score (nSPS) is 20.5. The van der Waals surface area contributed by atoms with Gasteiger partial charge in [0.15, 0.2) is 0 Å². The van der Waals surface area contributed by atoms with Crippen LogP contribution in [0, 0.1) is 0 Å². The lowest BCUT2D eigenvalue weighted by Gasteiger charge is -2.38. The van der Waals surface area contributed by atoms with Gasteiger partial charge in [-0.05, 0) is 67.7 Å². The van der Waals surface area contributed by atoms with Gasteiger partial charge >= 0.3 is 0 Å².